The number of hydrogen-bond acceptors (Lipinski definition) is 2. The molecule has 27 heavy (non-hydrogen) atoms. The first kappa shape index (κ1) is 17.6. The molecule has 1 N–H and O–H groups in total. The minimum Gasteiger partial charge on any atom is -0.481 e. The second-order valence-corrected chi connectivity index (χ2v) is 7.30. The average molecular weight is 371 g/mol. The Morgan fingerprint density at radius 1 is 0.926 bits per heavy atom. The molecule has 6 heteroatoms. The molecule has 1 aliphatic carbocycles. The van der Waals surface area contributed by atoms with Crippen LogP contribution in [-0.2, 0) is 9.59 Å². The van der Waals surface area contributed by atoms with Crippen LogP contribution in [0, 0.1) is 23.5 Å². The highest BCUT2D eigenvalue weighted by Gasteiger charge is 2.50. The molecule has 1 amide bonds. The summed E-state index contributed by atoms with van der Waals surface area (Å²) >= 11 is 0. The summed E-state index contributed by atoms with van der Waals surface area (Å²) in [6.07, 6.45) is 0.462. The molecule has 1 aliphatic heterocycles. The highest BCUT2D eigenvalue weighted by Crippen LogP contribution is 2.50. The van der Waals surface area contributed by atoms with E-state index in [1.165, 1.54) is 12.1 Å². The standard InChI is InChI=1S/C21H19F2NO3/c22-18-8-4-7-13(19(18)23)14-9-15(14)20(25)24-10-16(17(11-24)21(26)27)12-5-2-1-3-6-12/h1-8,14-17H,9-11H2,(H,26,27)/t14?,15?,16-,17-/m1/s1. The van der Waals surface area contributed by atoms with E-state index in [4.69, 9.17) is 0 Å². The molecule has 0 aromatic heterocycles. The van der Waals surface area contributed by atoms with Crippen LogP contribution < -0.4 is 0 Å². The second kappa shape index (κ2) is 6.76. The van der Waals surface area contributed by atoms with E-state index < -0.39 is 29.4 Å². The van der Waals surface area contributed by atoms with Gasteiger partial charge in [0.05, 0.1) is 5.92 Å². The van der Waals surface area contributed by atoms with Gasteiger partial charge in [-0.1, -0.05) is 42.5 Å². The van der Waals surface area contributed by atoms with Crippen LogP contribution in [0.2, 0.25) is 0 Å². The minimum absolute atomic E-state index is 0.141. The van der Waals surface area contributed by atoms with Crippen LogP contribution in [0.5, 0.6) is 0 Å². The molecule has 4 rings (SSSR count). The van der Waals surface area contributed by atoms with Crippen molar-refractivity contribution < 1.29 is 23.5 Å². The van der Waals surface area contributed by atoms with Crippen molar-refractivity contribution in [1.82, 2.24) is 4.90 Å². The zero-order chi connectivity index (χ0) is 19.1. The summed E-state index contributed by atoms with van der Waals surface area (Å²) in [6, 6.07) is 13.3. The summed E-state index contributed by atoms with van der Waals surface area (Å²) < 4.78 is 27.4. The van der Waals surface area contributed by atoms with Crippen molar-refractivity contribution in [2.75, 3.05) is 13.1 Å². The predicted molar refractivity (Wildman–Crippen MR) is 94.1 cm³/mol. The third kappa shape index (κ3) is 3.20. The molecular weight excluding hydrogens is 352 g/mol. The van der Waals surface area contributed by atoms with E-state index in [0.29, 0.717) is 13.0 Å². The predicted octanol–water partition coefficient (Wildman–Crippen LogP) is 3.40. The maximum Gasteiger partial charge on any atom is 0.308 e. The quantitative estimate of drug-likeness (QED) is 0.896. The molecule has 1 saturated heterocycles. The third-order valence-electron chi connectivity index (χ3n) is 5.67. The van der Waals surface area contributed by atoms with Gasteiger partial charge >= 0.3 is 5.97 Å². The molecule has 140 valence electrons. The zero-order valence-electron chi connectivity index (χ0n) is 14.5. The van der Waals surface area contributed by atoms with Gasteiger partial charge in [-0.2, -0.15) is 0 Å². The number of halogens is 2. The maximum atomic E-state index is 14.0. The Kier molecular flexibility index (Phi) is 4.42. The molecule has 2 aromatic carbocycles. The lowest BCUT2D eigenvalue weighted by Gasteiger charge is -2.17. The van der Waals surface area contributed by atoms with Gasteiger partial charge in [0.1, 0.15) is 0 Å². The third-order valence-corrected chi connectivity index (χ3v) is 5.67. The monoisotopic (exact) mass is 371 g/mol. The number of hydrogen-bond donors (Lipinski definition) is 1. The number of nitrogens with zero attached hydrogens (tertiary/aromatic N) is 1. The average Bonchev–Trinajstić information content (AvgIpc) is 3.32. The number of carbonyl (C=O) groups excluding carboxylic acids is 1. The van der Waals surface area contributed by atoms with Crippen molar-refractivity contribution in [3.63, 3.8) is 0 Å². The van der Waals surface area contributed by atoms with E-state index in [-0.39, 0.29) is 29.9 Å². The van der Waals surface area contributed by atoms with Crippen molar-refractivity contribution in [2.24, 2.45) is 11.8 Å². The molecule has 2 aromatic rings. The van der Waals surface area contributed by atoms with Crippen LogP contribution in [0.3, 0.4) is 0 Å². The van der Waals surface area contributed by atoms with Crippen LogP contribution in [0.4, 0.5) is 8.78 Å². The van der Waals surface area contributed by atoms with Crippen LogP contribution in [0.15, 0.2) is 48.5 Å². The lowest BCUT2D eigenvalue weighted by Crippen LogP contribution is -2.31. The summed E-state index contributed by atoms with van der Waals surface area (Å²) in [5.74, 6) is -4.60. The number of carboxylic acids is 1. The van der Waals surface area contributed by atoms with E-state index in [1.807, 2.05) is 30.3 Å². The highest BCUT2D eigenvalue weighted by molar-refractivity contribution is 5.85. The first-order valence-electron chi connectivity index (χ1n) is 8.97. The first-order chi connectivity index (χ1) is 13.0. The van der Waals surface area contributed by atoms with Crippen molar-refractivity contribution >= 4 is 11.9 Å². The van der Waals surface area contributed by atoms with Gasteiger partial charge in [-0.3, -0.25) is 9.59 Å². The molecule has 2 fully saturated rings. The molecule has 1 saturated carbocycles. The molecule has 0 spiro atoms. The Bertz CT molecular complexity index is 886. The van der Waals surface area contributed by atoms with Gasteiger partial charge in [0.2, 0.25) is 5.91 Å². The lowest BCUT2D eigenvalue weighted by atomic mass is 9.89. The number of carboxylic acid groups (broad SMARTS) is 1. The maximum absolute atomic E-state index is 14.0. The van der Waals surface area contributed by atoms with Crippen LogP contribution in [0.25, 0.3) is 0 Å². The van der Waals surface area contributed by atoms with Gasteiger partial charge in [0.25, 0.3) is 0 Å². The molecular formula is C21H19F2NO3. The van der Waals surface area contributed by atoms with Gasteiger partial charge in [-0.05, 0) is 29.5 Å². The van der Waals surface area contributed by atoms with Gasteiger partial charge in [-0.25, -0.2) is 8.78 Å². The van der Waals surface area contributed by atoms with Crippen LogP contribution in [0.1, 0.15) is 29.4 Å². The number of amides is 1. The summed E-state index contributed by atoms with van der Waals surface area (Å²) in [4.78, 5) is 26.1. The normalized spacial score (nSPS) is 26.8. The second-order valence-electron chi connectivity index (χ2n) is 7.30. The van der Waals surface area contributed by atoms with E-state index in [9.17, 15) is 23.5 Å². The summed E-state index contributed by atoms with van der Waals surface area (Å²) in [5, 5.41) is 9.57. The van der Waals surface area contributed by atoms with Crippen LogP contribution >= 0.6 is 0 Å². The van der Waals surface area contributed by atoms with E-state index in [2.05, 4.69) is 0 Å². The Labute approximate surface area is 155 Å². The number of likely N-dealkylation sites (tertiary alicyclic amines) is 1. The summed E-state index contributed by atoms with van der Waals surface area (Å²) in [5.41, 5.74) is 1.12. The largest absolute Gasteiger partial charge is 0.481 e. The van der Waals surface area contributed by atoms with E-state index in [1.54, 1.807) is 4.90 Å². The molecule has 1 heterocycles. The number of carbonyl (C=O) groups is 2. The molecule has 4 nitrogen and oxygen atoms in total. The minimum atomic E-state index is -0.928. The molecule has 0 bridgehead atoms. The van der Waals surface area contributed by atoms with Gasteiger partial charge in [0, 0.05) is 24.9 Å². The smallest absolute Gasteiger partial charge is 0.308 e. The molecule has 2 aliphatic rings. The molecule has 4 atom stereocenters. The Hall–Kier alpha value is -2.76. The molecule has 2 unspecified atom stereocenters. The fourth-order valence-electron chi connectivity index (χ4n) is 4.12. The number of rotatable bonds is 4. The number of benzene rings is 2. The fraction of sp³-hybridized carbons (Fsp3) is 0.333. The first-order valence-corrected chi connectivity index (χ1v) is 8.97. The lowest BCUT2D eigenvalue weighted by molar-refractivity contribution is -0.142. The Morgan fingerprint density at radius 2 is 1.67 bits per heavy atom. The van der Waals surface area contributed by atoms with Crippen molar-refractivity contribution in [2.45, 2.75) is 18.3 Å². The van der Waals surface area contributed by atoms with Gasteiger partial charge < -0.3 is 10.0 Å². The van der Waals surface area contributed by atoms with E-state index in [0.717, 1.165) is 11.6 Å². The summed E-state index contributed by atoms with van der Waals surface area (Å²) in [7, 11) is 0. The van der Waals surface area contributed by atoms with E-state index >= 15 is 0 Å². The Balaban J connectivity index is 1.50. The van der Waals surface area contributed by atoms with Crippen LogP contribution in [-0.4, -0.2) is 35.0 Å². The number of aliphatic carboxylic acids is 1. The summed E-state index contributed by atoms with van der Waals surface area (Å²) in [6.45, 7) is 0.469. The van der Waals surface area contributed by atoms with Crippen molar-refractivity contribution in [3.8, 4) is 0 Å². The SMILES string of the molecule is O=C(O)[C@@H]1CN(C(=O)C2CC2c2cccc(F)c2F)C[C@@H]1c1ccccc1. The fourth-order valence-corrected chi connectivity index (χ4v) is 4.12. The van der Waals surface area contributed by atoms with Crippen molar-refractivity contribution in [1.29, 1.82) is 0 Å². The van der Waals surface area contributed by atoms with Gasteiger partial charge in [-0.15, -0.1) is 0 Å². The van der Waals surface area contributed by atoms with Crippen molar-refractivity contribution in [3.05, 3.63) is 71.3 Å². The topological polar surface area (TPSA) is 57.6 Å². The zero-order valence-corrected chi connectivity index (χ0v) is 14.5. The molecule has 0 radical (unpaired) electrons. The van der Waals surface area contributed by atoms with Gasteiger partial charge in [0.15, 0.2) is 11.6 Å². The Morgan fingerprint density at radius 3 is 2.37 bits per heavy atom. The highest BCUT2D eigenvalue weighted by atomic mass is 19.2.